The lowest BCUT2D eigenvalue weighted by molar-refractivity contribution is 0.0690. The third-order valence-corrected chi connectivity index (χ3v) is 2.69. The van der Waals surface area contributed by atoms with Crippen molar-refractivity contribution in [2.24, 2.45) is 0 Å². The molecule has 0 radical (unpaired) electrons. The number of hydrogen-bond donors (Lipinski definition) is 1. The minimum absolute atomic E-state index is 0.0717. The zero-order valence-corrected chi connectivity index (χ0v) is 10.1. The molecule has 0 aliphatic heterocycles. The van der Waals surface area contributed by atoms with Crippen LogP contribution in [0, 0.1) is 20.8 Å². The van der Waals surface area contributed by atoms with E-state index in [2.05, 4.69) is 11.2 Å². The average molecular weight is 230 g/mol. The molecule has 17 heavy (non-hydrogen) atoms. The summed E-state index contributed by atoms with van der Waals surface area (Å²) in [6, 6.07) is 7.57. The van der Waals surface area contributed by atoms with E-state index in [1.807, 2.05) is 32.9 Å². The van der Waals surface area contributed by atoms with E-state index in [4.69, 9.17) is 5.11 Å². The van der Waals surface area contributed by atoms with Gasteiger partial charge in [-0.1, -0.05) is 17.7 Å². The molecule has 0 fully saturated rings. The molecule has 4 nitrogen and oxygen atoms in total. The predicted octanol–water partition coefficient (Wildman–Crippen LogP) is 2.50. The Hall–Kier alpha value is -2.10. The van der Waals surface area contributed by atoms with E-state index in [0.717, 1.165) is 16.9 Å². The second-order valence-corrected chi connectivity index (χ2v) is 4.18. The van der Waals surface area contributed by atoms with Crippen LogP contribution in [0.25, 0.3) is 5.69 Å². The standard InChI is InChI=1S/C13H14N2O2/c1-8-4-5-12(9(2)6-8)15-10(3)7-11(14-15)13(16)17/h4-7H,1-3H3,(H,16,17). The summed E-state index contributed by atoms with van der Waals surface area (Å²) in [5.74, 6) is -1.00. The normalized spacial score (nSPS) is 10.5. The number of nitrogens with zero attached hydrogens (tertiary/aromatic N) is 2. The van der Waals surface area contributed by atoms with E-state index in [-0.39, 0.29) is 5.69 Å². The smallest absolute Gasteiger partial charge is 0.356 e. The topological polar surface area (TPSA) is 55.1 Å². The SMILES string of the molecule is Cc1ccc(-n2nc(C(=O)O)cc2C)c(C)c1. The number of rotatable bonds is 2. The van der Waals surface area contributed by atoms with Crippen molar-refractivity contribution in [3.8, 4) is 5.69 Å². The second-order valence-electron chi connectivity index (χ2n) is 4.18. The van der Waals surface area contributed by atoms with Gasteiger partial charge in [-0.25, -0.2) is 9.48 Å². The van der Waals surface area contributed by atoms with Crippen LogP contribution in [0.2, 0.25) is 0 Å². The first-order chi connectivity index (χ1) is 7.99. The summed E-state index contributed by atoms with van der Waals surface area (Å²) in [6.07, 6.45) is 0. The first-order valence-corrected chi connectivity index (χ1v) is 5.36. The highest BCUT2D eigenvalue weighted by Gasteiger charge is 2.12. The van der Waals surface area contributed by atoms with E-state index < -0.39 is 5.97 Å². The number of aryl methyl sites for hydroxylation is 3. The van der Waals surface area contributed by atoms with Crippen molar-refractivity contribution in [1.82, 2.24) is 9.78 Å². The summed E-state index contributed by atoms with van der Waals surface area (Å²) in [6.45, 7) is 5.86. The number of hydrogen-bond acceptors (Lipinski definition) is 2. The number of carbonyl (C=O) groups is 1. The van der Waals surface area contributed by atoms with Crippen LogP contribution < -0.4 is 0 Å². The Morgan fingerprint density at radius 1 is 1.24 bits per heavy atom. The van der Waals surface area contributed by atoms with Gasteiger partial charge in [-0.2, -0.15) is 5.10 Å². The predicted molar refractivity (Wildman–Crippen MR) is 64.7 cm³/mol. The summed E-state index contributed by atoms with van der Waals surface area (Å²) < 4.78 is 1.66. The van der Waals surface area contributed by atoms with Crippen LogP contribution in [-0.4, -0.2) is 20.9 Å². The molecule has 88 valence electrons. The Morgan fingerprint density at radius 3 is 2.47 bits per heavy atom. The van der Waals surface area contributed by atoms with Gasteiger partial charge in [-0.3, -0.25) is 0 Å². The third-order valence-electron chi connectivity index (χ3n) is 2.69. The molecule has 2 aromatic rings. The average Bonchev–Trinajstić information content (AvgIpc) is 2.61. The van der Waals surface area contributed by atoms with Gasteiger partial charge in [0.05, 0.1) is 5.69 Å². The van der Waals surface area contributed by atoms with Crippen LogP contribution in [0.3, 0.4) is 0 Å². The van der Waals surface area contributed by atoms with Crippen molar-refractivity contribution in [2.45, 2.75) is 20.8 Å². The fraction of sp³-hybridized carbons (Fsp3) is 0.231. The molecule has 1 N–H and O–H groups in total. The van der Waals surface area contributed by atoms with Crippen LogP contribution in [0.1, 0.15) is 27.3 Å². The highest BCUT2D eigenvalue weighted by atomic mass is 16.4. The molecule has 4 heteroatoms. The molecule has 0 amide bonds. The third kappa shape index (κ3) is 2.06. The van der Waals surface area contributed by atoms with Crippen LogP contribution in [0.4, 0.5) is 0 Å². The Balaban J connectivity index is 2.56. The summed E-state index contributed by atoms with van der Waals surface area (Å²) in [5, 5.41) is 13.0. The number of aromatic nitrogens is 2. The van der Waals surface area contributed by atoms with E-state index in [9.17, 15) is 4.79 Å². The van der Waals surface area contributed by atoms with Crippen LogP contribution in [-0.2, 0) is 0 Å². The molecular weight excluding hydrogens is 216 g/mol. The molecule has 0 spiro atoms. The van der Waals surface area contributed by atoms with Crippen LogP contribution in [0.5, 0.6) is 0 Å². The number of carboxylic acid groups (broad SMARTS) is 1. The van der Waals surface area contributed by atoms with Crippen LogP contribution in [0.15, 0.2) is 24.3 Å². The molecule has 0 aliphatic carbocycles. The summed E-state index contributed by atoms with van der Waals surface area (Å²) in [4.78, 5) is 10.9. The minimum atomic E-state index is -1.00. The van der Waals surface area contributed by atoms with Gasteiger partial charge in [-0.15, -0.1) is 0 Å². The molecule has 0 atom stereocenters. The van der Waals surface area contributed by atoms with Gasteiger partial charge in [0.2, 0.25) is 0 Å². The van der Waals surface area contributed by atoms with Crippen molar-refractivity contribution in [3.63, 3.8) is 0 Å². The summed E-state index contributed by atoms with van der Waals surface area (Å²) in [7, 11) is 0. The van der Waals surface area contributed by atoms with Crippen molar-refractivity contribution >= 4 is 5.97 Å². The lowest BCUT2D eigenvalue weighted by atomic mass is 10.1. The highest BCUT2D eigenvalue weighted by Crippen LogP contribution is 2.17. The quantitative estimate of drug-likeness (QED) is 0.862. The molecular formula is C13H14N2O2. The maximum absolute atomic E-state index is 10.9. The maximum Gasteiger partial charge on any atom is 0.356 e. The fourth-order valence-corrected chi connectivity index (χ4v) is 1.87. The van der Waals surface area contributed by atoms with E-state index >= 15 is 0 Å². The minimum Gasteiger partial charge on any atom is -0.476 e. The second kappa shape index (κ2) is 4.05. The number of benzene rings is 1. The van der Waals surface area contributed by atoms with Crippen LogP contribution >= 0.6 is 0 Å². The van der Waals surface area contributed by atoms with Gasteiger partial charge in [0, 0.05) is 5.69 Å². The Labute approximate surface area is 99.5 Å². The van der Waals surface area contributed by atoms with E-state index in [1.54, 1.807) is 10.7 Å². The van der Waals surface area contributed by atoms with Gasteiger partial charge < -0.3 is 5.11 Å². The van der Waals surface area contributed by atoms with Gasteiger partial charge in [-0.05, 0) is 38.5 Å². The van der Waals surface area contributed by atoms with Gasteiger partial charge in [0.25, 0.3) is 0 Å². The zero-order valence-electron chi connectivity index (χ0n) is 10.1. The van der Waals surface area contributed by atoms with Crippen molar-refractivity contribution in [1.29, 1.82) is 0 Å². The Bertz CT molecular complexity index is 585. The fourth-order valence-electron chi connectivity index (χ4n) is 1.87. The number of aromatic carboxylic acids is 1. The highest BCUT2D eigenvalue weighted by molar-refractivity contribution is 5.85. The van der Waals surface area contributed by atoms with Gasteiger partial charge in [0.1, 0.15) is 0 Å². The molecule has 2 rings (SSSR count). The molecule has 0 saturated heterocycles. The van der Waals surface area contributed by atoms with Crippen molar-refractivity contribution < 1.29 is 9.90 Å². The lowest BCUT2D eigenvalue weighted by Crippen LogP contribution is -2.04. The first-order valence-electron chi connectivity index (χ1n) is 5.36. The molecule has 1 heterocycles. The maximum atomic E-state index is 10.9. The Morgan fingerprint density at radius 2 is 1.94 bits per heavy atom. The molecule has 1 aromatic heterocycles. The van der Waals surface area contributed by atoms with E-state index in [0.29, 0.717) is 0 Å². The molecule has 1 aromatic carbocycles. The largest absolute Gasteiger partial charge is 0.476 e. The molecule has 0 unspecified atom stereocenters. The first kappa shape index (κ1) is 11.4. The van der Waals surface area contributed by atoms with Crippen molar-refractivity contribution in [3.05, 3.63) is 46.8 Å². The lowest BCUT2D eigenvalue weighted by Gasteiger charge is -2.08. The molecule has 0 bridgehead atoms. The van der Waals surface area contributed by atoms with Gasteiger partial charge in [0.15, 0.2) is 5.69 Å². The monoisotopic (exact) mass is 230 g/mol. The van der Waals surface area contributed by atoms with E-state index in [1.165, 1.54) is 5.56 Å². The van der Waals surface area contributed by atoms with Gasteiger partial charge >= 0.3 is 5.97 Å². The molecule has 0 saturated carbocycles. The summed E-state index contributed by atoms with van der Waals surface area (Å²) in [5.41, 5.74) is 4.06. The summed E-state index contributed by atoms with van der Waals surface area (Å²) >= 11 is 0. The Kier molecular flexibility index (Phi) is 2.71. The molecule has 0 aliphatic rings. The zero-order chi connectivity index (χ0) is 12.6. The van der Waals surface area contributed by atoms with Crippen molar-refractivity contribution in [2.75, 3.05) is 0 Å². The number of carboxylic acids is 1.